The molecule has 0 radical (unpaired) electrons. The van der Waals surface area contributed by atoms with Crippen LogP contribution in [0.5, 0.6) is 11.5 Å². The summed E-state index contributed by atoms with van der Waals surface area (Å²) in [4.78, 5) is 4.48. The second-order valence-corrected chi connectivity index (χ2v) is 2.87. The SMILES string of the molecule is NOCc1ccc(F)c2c1OCCO2. The van der Waals surface area contributed by atoms with Crippen molar-refractivity contribution < 1.29 is 18.7 Å². The van der Waals surface area contributed by atoms with Crippen molar-refractivity contribution >= 4 is 0 Å². The Morgan fingerprint density at radius 1 is 1.29 bits per heavy atom. The predicted octanol–water partition coefficient (Wildman–Crippen LogP) is 0.987. The quantitative estimate of drug-likeness (QED) is 0.721. The van der Waals surface area contributed by atoms with E-state index in [0.29, 0.717) is 24.5 Å². The van der Waals surface area contributed by atoms with Gasteiger partial charge in [0.1, 0.15) is 13.2 Å². The van der Waals surface area contributed by atoms with Crippen molar-refractivity contribution in [3.63, 3.8) is 0 Å². The molecule has 0 saturated carbocycles. The molecule has 0 bridgehead atoms. The molecular weight excluding hydrogens is 189 g/mol. The van der Waals surface area contributed by atoms with E-state index in [2.05, 4.69) is 4.84 Å². The van der Waals surface area contributed by atoms with Gasteiger partial charge in [0.05, 0.1) is 6.61 Å². The highest BCUT2D eigenvalue weighted by Crippen LogP contribution is 2.36. The standard InChI is InChI=1S/C9H10FNO3/c10-7-2-1-6(5-14-11)8-9(7)13-4-3-12-8/h1-2H,3-5,11H2. The van der Waals surface area contributed by atoms with Crippen LogP contribution in [0.1, 0.15) is 5.56 Å². The first-order valence-corrected chi connectivity index (χ1v) is 4.21. The molecule has 0 unspecified atom stereocenters. The molecule has 1 aliphatic heterocycles. The molecule has 0 aliphatic carbocycles. The van der Waals surface area contributed by atoms with Crippen LogP contribution in [0.25, 0.3) is 0 Å². The number of nitrogens with two attached hydrogens (primary N) is 1. The Kier molecular flexibility index (Phi) is 2.51. The molecule has 76 valence electrons. The van der Waals surface area contributed by atoms with Crippen LogP contribution in [0, 0.1) is 5.82 Å². The van der Waals surface area contributed by atoms with E-state index >= 15 is 0 Å². The number of benzene rings is 1. The van der Waals surface area contributed by atoms with E-state index in [-0.39, 0.29) is 12.4 Å². The van der Waals surface area contributed by atoms with Crippen LogP contribution in [-0.4, -0.2) is 13.2 Å². The van der Waals surface area contributed by atoms with Crippen molar-refractivity contribution in [1.29, 1.82) is 0 Å². The van der Waals surface area contributed by atoms with Crippen LogP contribution in [0.2, 0.25) is 0 Å². The highest BCUT2D eigenvalue weighted by molar-refractivity contribution is 5.48. The average molecular weight is 199 g/mol. The first kappa shape index (κ1) is 9.23. The van der Waals surface area contributed by atoms with Gasteiger partial charge >= 0.3 is 0 Å². The van der Waals surface area contributed by atoms with Gasteiger partial charge in [-0.15, -0.1) is 0 Å². The van der Waals surface area contributed by atoms with Gasteiger partial charge in [0.15, 0.2) is 17.3 Å². The van der Waals surface area contributed by atoms with Crippen LogP contribution < -0.4 is 15.4 Å². The molecule has 2 rings (SSSR count). The summed E-state index contributed by atoms with van der Waals surface area (Å²) in [6.07, 6.45) is 0. The fourth-order valence-electron chi connectivity index (χ4n) is 1.36. The molecule has 2 N–H and O–H groups in total. The Balaban J connectivity index is 2.42. The maximum atomic E-state index is 13.2. The molecule has 14 heavy (non-hydrogen) atoms. The number of ether oxygens (including phenoxy) is 2. The van der Waals surface area contributed by atoms with Crippen molar-refractivity contribution in [2.24, 2.45) is 5.90 Å². The summed E-state index contributed by atoms with van der Waals surface area (Å²) >= 11 is 0. The summed E-state index contributed by atoms with van der Waals surface area (Å²) in [5, 5.41) is 0. The highest BCUT2D eigenvalue weighted by Gasteiger charge is 2.19. The van der Waals surface area contributed by atoms with E-state index in [9.17, 15) is 4.39 Å². The largest absolute Gasteiger partial charge is 0.486 e. The third-order valence-corrected chi connectivity index (χ3v) is 1.96. The molecule has 0 saturated heterocycles. The van der Waals surface area contributed by atoms with Crippen molar-refractivity contribution in [2.45, 2.75) is 6.61 Å². The molecule has 0 atom stereocenters. The minimum Gasteiger partial charge on any atom is -0.486 e. The van der Waals surface area contributed by atoms with E-state index in [1.807, 2.05) is 0 Å². The summed E-state index contributed by atoms with van der Waals surface area (Å²) < 4.78 is 23.6. The van der Waals surface area contributed by atoms with Crippen LogP contribution in [0.3, 0.4) is 0 Å². The van der Waals surface area contributed by atoms with Gasteiger partial charge in [0, 0.05) is 5.56 Å². The third-order valence-electron chi connectivity index (χ3n) is 1.96. The zero-order valence-corrected chi connectivity index (χ0v) is 7.46. The van der Waals surface area contributed by atoms with Gasteiger partial charge in [-0.1, -0.05) is 0 Å². The Morgan fingerprint density at radius 2 is 2.00 bits per heavy atom. The minimum absolute atomic E-state index is 0.144. The molecule has 1 aromatic rings. The first-order chi connectivity index (χ1) is 6.83. The normalized spacial score (nSPS) is 14.1. The topological polar surface area (TPSA) is 53.7 Å². The lowest BCUT2D eigenvalue weighted by molar-refractivity contribution is 0.114. The lowest BCUT2D eigenvalue weighted by Gasteiger charge is -2.21. The van der Waals surface area contributed by atoms with Gasteiger partial charge < -0.3 is 9.47 Å². The summed E-state index contributed by atoms with van der Waals surface area (Å²) in [5.74, 6) is 5.05. The monoisotopic (exact) mass is 199 g/mol. The van der Waals surface area contributed by atoms with Gasteiger partial charge in [-0.3, -0.25) is 4.84 Å². The third kappa shape index (κ3) is 1.51. The van der Waals surface area contributed by atoms with Gasteiger partial charge in [-0.25, -0.2) is 10.3 Å². The Bertz CT molecular complexity index is 343. The highest BCUT2D eigenvalue weighted by atomic mass is 19.1. The lowest BCUT2D eigenvalue weighted by Crippen LogP contribution is -2.18. The number of hydrogen-bond acceptors (Lipinski definition) is 4. The molecular formula is C9H10FNO3. The molecule has 4 nitrogen and oxygen atoms in total. The van der Waals surface area contributed by atoms with Crippen LogP contribution >= 0.6 is 0 Å². The average Bonchev–Trinajstić information content (AvgIpc) is 2.23. The van der Waals surface area contributed by atoms with E-state index in [4.69, 9.17) is 15.4 Å². The number of rotatable bonds is 2. The van der Waals surface area contributed by atoms with Gasteiger partial charge in [0.2, 0.25) is 0 Å². The van der Waals surface area contributed by atoms with E-state index in [0.717, 1.165) is 0 Å². The fourth-order valence-corrected chi connectivity index (χ4v) is 1.36. The summed E-state index contributed by atoms with van der Waals surface area (Å²) in [7, 11) is 0. The zero-order chi connectivity index (χ0) is 9.97. The van der Waals surface area contributed by atoms with Crippen molar-refractivity contribution in [3.05, 3.63) is 23.5 Å². The smallest absolute Gasteiger partial charge is 0.197 e. The number of hydrogen-bond donors (Lipinski definition) is 1. The maximum absolute atomic E-state index is 13.2. The van der Waals surface area contributed by atoms with Gasteiger partial charge in [-0.05, 0) is 12.1 Å². The second kappa shape index (κ2) is 3.81. The minimum atomic E-state index is -0.430. The van der Waals surface area contributed by atoms with Crippen LogP contribution in [0.4, 0.5) is 4.39 Å². The molecule has 0 aromatic heterocycles. The van der Waals surface area contributed by atoms with E-state index in [1.54, 1.807) is 6.07 Å². The molecule has 0 fully saturated rings. The van der Waals surface area contributed by atoms with E-state index in [1.165, 1.54) is 6.07 Å². The first-order valence-electron chi connectivity index (χ1n) is 4.21. The Labute approximate surface area is 80.3 Å². The number of halogens is 1. The molecule has 0 spiro atoms. The summed E-state index contributed by atoms with van der Waals surface area (Å²) in [5.41, 5.74) is 0.684. The lowest BCUT2D eigenvalue weighted by atomic mass is 10.2. The fraction of sp³-hybridized carbons (Fsp3) is 0.333. The molecule has 0 amide bonds. The number of fused-ring (bicyclic) bond motifs is 1. The Hall–Kier alpha value is -1.33. The zero-order valence-electron chi connectivity index (χ0n) is 7.46. The second-order valence-electron chi connectivity index (χ2n) is 2.87. The molecule has 1 aromatic carbocycles. The van der Waals surface area contributed by atoms with Crippen molar-refractivity contribution in [1.82, 2.24) is 0 Å². The van der Waals surface area contributed by atoms with Crippen molar-refractivity contribution in [3.8, 4) is 11.5 Å². The summed E-state index contributed by atoms with van der Waals surface area (Å²) in [6, 6.07) is 2.87. The predicted molar refractivity (Wildman–Crippen MR) is 46.4 cm³/mol. The van der Waals surface area contributed by atoms with Crippen LogP contribution in [-0.2, 0) is 11.4 Å². The Morgan fingerprint density at radius 3 is 2.71 bits per heavy atom. The van der Waals surface area contributed by atoms with Crippen molar-refractivity contribution in [2.75, 3.05) is 13.2 Å². The van der Waals surface area contributed by atoms with Gasteiger partial charge in [0.25, 0.3) is 0 Å². The maximum Gasteiger partial charge on any atom is 0.197 e. The molecule has 1 heterocycles. The summed E-state index contributed by atoms with van der Waals surface area (Å²) in [6.45, 7) is 0.941. The van der Waals surface area contributed by atoms with Crippen LogP contribution in [0.15, 0.2) is 12.1 Å². The van der Waals surface area contributed by atoms with E-state index < -0.39 is 5.82 Å². The molecule has 1 aliphatic rings. The molecule has 5 heteroatoms. The van der Waals surface area contributed by atoms with Gasteiger partial charge in [-0.2, -0.15) is 0 Å².